The predicted octanol–water partition coefficient (Wildman–Crippen LogP) is 4.70. The van der Waals surface area contributed by atoms with Crippen molar-refractivity contribution in [3.05, 3.63) is 71.3 Å². The molecule has 5 heteroatoms. The summed E-state index contributed by atoms with van der Waals surface area (Å²) >= 11 is 1.89. The number of hydrogen-bond donors (Lipinski definition) is 0. The van der Waals surface area contributed by atoms with Gasteiger partial charge < -0.3 is 9.80 Å². The summed E-state index contributed by atoms with van der Waals surface area (Å²) in [4.78, 5) is 30.4. The minimum Gasteiger partial charge on any atom is -0.342 e. The third kappa shape index (κ3) is 4.00. The van der Waals surface area contributed by atoms with E-state index in [1.807, 2.05) is 78.2 Å². The molecule has 2 saturated heterocycles. The van der Waals surface area contributed by atoms with E-state index in [9.17, 15) is 9.59 Å². The molecular weight excluding hydrogens is 392 g/mol. The quantitative estimate of drug-likeness (QED) is 0.717. The summed E-state index contributed by atoms with van der Waals surface area (Å²) in [5, 5.41) is 0. The molecule has 4 rings (SSSR count). The van der Waals surface area contributed by atoms with E-state index in [1.165, 1.54) is 0 Å². The maximum Gasteiger partial charge on any atom is 0.255 e. The first-order valence-electron chi connectivity index (χ1n) is 10.9. The van der Waals surface area contributed by atoms with Crippen LogP contribution < -0.4 is 0 Å². The zero-order chi connectivity index (χ0) is 21.1. The van der Waals surface area contributed by atoms with E-state index in [0.717, 1.165) is 48.3 Å². The first-order valence-corrected chi connectivity index (χ1v) is 11.9. The van der Waals surface area contributed by atoms with Gasteiger partial charge in [-0.2, -0.15) is 0 Å². The fraction of sp³-hybridized carbons (Fsp3) is 0.440. The Balaban J connectivity index is 1.46. The van der Waals surface area contributed by atoms with Crippen LogP contribution in [0.25, 0.3) is 0 Å². The van der Waals surface area contributed by atoms with Gasteiger partial charge in [-0.3, -0.25) is 9.59 Å². The fourth-order valence-corrected chi connectivity index (χ4v) is 6.23. The summed E-state index contributed by atoms with van der Waals surface area (Å²) in [6.45, 7) is 6.31. The van der Waals surface area contributed by atoms with Crippen LogP contribution >= 0.6 is 11.8 Å². The van der Waals surface area contributed by atoms with E-state index >= 15 is 0 Å². The maximum absolute atomic E-state index is 13.3. The molecule has 2 heterocycles. The molecule has 1 spiro atoms. The molecule has 2 fully saturated rings. The van der Waals surface area contributed by atoms with Gasteiger partial charge in [0.1, 0.15) is 0 Å². The van der Waals surface area contributed by atoms with Crippen LogP contribution in [0.15, 0.2) is 54.6 Å². The fourth-order valence-electron chi connectivity index (χ4n) is 4.78. The van der Waals surface area contributed by atoms with Gasteiger partial charge in [0, 0.05) is 31.0 Å². The molecule has 0 bridgehead atoms. The highest BCUT2D eigenvalue weighted by Crippen LogP contribution is 2.45. The van der Waals surface area contributed by atoms with Gasteiger partial charge in [0.25, 0.3) is 5.91 Å². The number of nitrogens with zero attached hydrogens (tertiary/aromatic N) is 2. The van der Waals surface area contributed by atoms with Crippen LogP contribution in [0.2, 0.25) is 0 Å². The lowest BCUT2D eigenvalue weighted by molar-refractivity contribution is -0.134. The number of rotatable bonds is 4. The average molecular weight is 423 g/mol. The van der Waals surface area contributed by atoms with E-state index in [2.05, 4.69) is 11.8 Å². The SMILES string of the molecule is CCC(C(=O)N1CCC2(CC1)SCCN2C(=O)c1cccc(C)c1)c1ccccc1. The van der Waals surface area contributed by atoms with Crippen molar-refractivity contribution in [3.8, 4) is 0 Å². The van der Waals surface area contributed by atoms with Crippen molar-refractivity contribution < 1.29 is 9.59 Å². The summed E-state index contributed by atoms with van der Waals surface area (Å²) in [5.41, 5.74) is 2.97. The van der Waals surface area contributed by atoms with Gasteiger partial charge in [0.2, 0.25) is 5.91 Å². The molecule has 0 saturated carbocycles. The van der Waals surface area contributed by atoms with Crippen molar-refractivity contribution in [2.75, 3.05) is 25.4 Å². The number of carbonyl (C=O) groups excluding carboxylic acids is 2. The first-order chi connectivity index (χ1) is 14.5. The molecular formula is C25H30N2O2S. The van der Waals surface area contributed by atoms with E-state index in [4.69, 9.17) is 0 Å². The van der Waals surface area contributed by atoms with Crippen molar-refractivity contribution in [3.63, 3.8) is 0 Å². The Morgan fingerprint density at radius 1 is 1.03 bits per heavy atom. The van der Waals surface area contributed by atoms with Crippen LogP contribution in [-0.4, -0.2) is 51.9 Å². The van der Waals surface area contributed by atoms with Crippen LogP contribution in [0.3, 0.4) is 0 Å². The second-order valence-electron chi connectivity index (χ2n) is 8.32. The highest BCUT2D eigenvalue weighted by Gasteiger charge is 2.47. The molecule has 30 heavy (non-hydrogen) atoms. The average Bonchev–Trinajstić information content (AvgIpc) is 3.17. The number of hydrogen-bond acceptors (Lipinski definition) is 3. The van der Waals surface area contributed by atoms with Crippen LogP contribution in [0.1, 0.15) is 53.6 Å². The minimum absolute atomic E-state index is 0.0819. The van der Waals surface area contributed by atoms with E-state index in [-0.39, 0.29) is 22.6 Å². The Labute approximate surface area is 183 Å². The second kappa shape index (κ2) is 8.84. The molecule has 2 amide bonds. The maximum atomic E-state index is 13.3. The van der Waals surface area contributed by atoms with Crippen molar-refractivity contribution in [1.29, 1.82) is 0 Å². The number of likely N-dealkylation sites (tertiary alicyclic amines) is 1. The Kier molecular flexibility index (Phi) is 6.19. The topological polar surface area (TPSA) is 40.6 Å². The zero-order valence-electron chi connectivity index (χ0n) is 17.8. The normalized spacial score (nSPS) is 19.1. The van der Waals surface area contributed by atoms with Gasteiger partial charge >= 0.3 is 0 Å². The predicted molar refractivity (Wildman–Crippen MR) is 123 cm³/mol. The number of carbonyl (C=O) groups is 2. The van der Waals surface area contributed by atoms with E-state index in [1.54, 1.807) is 0 Å². The lowest BCUT2D eigenvalue weighted by atomic mass is 9.93. The Morgan fingerprint density at radius 2 is 1.77 bits per heavy atom. The van der Waals surface area contributed by atoms with Gasteiger partial charge in [-0.25, -0.2) is 0 Å². The minimum atomic E-state index is -0.175. The molecule has 1 atom stereocenters. The number of thioether (sulfide) groups is 1. The van der Waals surface area contributed by atoms with Crippen LogP contribution in [-0.2, 0) is 4.79 Å². The number of aryl methyl sites for hydroxylation is 1. The molecule has 2 aromatic rings. The molecule has 1 unspecified atom stereocenters. The van der Waals surface area contributed by atoms with Crippen LogP contribution in [0.4, 0.5) is 0 Å². The third-order valence-corrected chi connectivity index (χ3v) is 8.01. The number of amides is 2. The molecule has 4 nitrogen and oxygen atoms in total. The summed E-state index contributed by atoms with van der Waals surface area (Å²) in [5.74, 6) is 1.23. The van der Waals surface area contributed by atoms with Gasteiger partial charge in [-0.1, -0.05) is 55.0 Å². The van der Waals surface area contributed by atoms with Crippen molar-refractivity contribution in [2.24, 2.45) is 0 Å². The standard InChI is InChI=1S/C25H30N2O2S/c1-3-22(20-9-5-4-6-10-20)24(29)26-14-12-25(13-15-26)27(16-17-30-25)23(28)21-11-7-8-19(2)18-21/h4-11,18,22H,3,12-17H2,1-2H3. The Bertz CT molecular complexity index is 906. The van der Waals surface area contributed by atoms with Gasteiger partial charge in [0.05, 0.1) is 10.8 Å². The van der Waals surface area contributed by atoms with Gasteiger partial charge in [-0.05, 0) is 43.9 Å². The summed E-state index contributed by atoms with van der Waals surface area (Å²) in [7, 11) is 0. The lowest BCUT2D eigenvalue weighted by Crippen LogP contribution is -2.54. The van der Waals surface area contributed by atoms with E-state index in [0.29, 0.717) is 13.1 Å². The van der Waals surface area contributed by atoms with Gasteiger partial charge in [-0.15, -0.1) is 11.8 Å². The molecule has 2 aliphatic heterocycles. The lowest BCUT2D eigenvalue weighted by Gasteiger charge is -2.44. The molecule has 2 aromatic carbocycles. The van der Waals surface area contributed by atoms with Crippen molar-refractivity contribution in [2.45, 2.75) is 43.9 Å². The zero-order valence-corrected chi connectivity index (χ0v) is 18.7. The second-order valence-corrected chi connectivity index (χ2v) is 9.77. The molecule has 0 aromatic heterocycles. The van der Waals surface area contributed by atoms with E-state index < -0.39 is 0 Å². The van der Waals surface area contributed by atoms with Crippen molar-refractivity contribution >= 4 is 23.6 Å². The molecule has 0 N–H and O–H groups in total. The number of benzene rings is 2. The molecule has 2 aliphatic rings. The molecule has 158 valence electrons. The van der Waals surface area contributed by atoms with Crippen molar-refractivity contribution in [1.82, 2.24) is 9.80 Å². The summed E-state index contributed by atoms with van der Waals surface area (Å²) in [6.07, 6.45) is 2.48. The van der Waals surface area contributed by atoms with Gasteiger partial charge in [0.15, 0.2) is 0 Å². The monoisotopic (exact) mass is 422 g/mol. The smallest absolute Gasteiger partial charge is 0.255 e. The number of piperidine rings is 1. The third-order valence-electron chi connectivity index (χ3n) is 6.45. The summed E-state index contributed by atoms with van der Waals surface area (Å²) < 4.78 is 0. The first kappa shape index (κ1) is 21.0. The molecule has 0 aliphatic carbocycles. The van der Waals surface area contributed by atoms with Crippen LogP contribution in [0.5, 0.6) is 0 Å². The Morgan fingerprint density at radius 3 is 2.43 bits per heavy atom. The summed E-state index contributed by atoms with van der Waals surface area (Å²) in [6, 6.07) is 17.9. The highest BCUT2D eigenvalue weighted by atomic mass is 32.2. The Hall–Kier alpha value is -2.27. The highest BCUT2D eigenvalue weighted by molar-refractivity contribution is 8.00. The largest absolute Gasteiger partial charge is 0.342 e. The van der Waals surface area contributed by atoms with Crippen LogP contribution in [0, 0.1) is 6.92 Å². The molecule has 0 radical (unpaired) electrons.